The molecule has 0 bridgehead atoms. The molecule has 102 valence electrons. The van der Waals surface area contributed by atoms with Gasteiger partial charge >= 0.3 is 0 Å². The Morgan fingerprint density at radius 1 is 1.47 bits per heavy atom. The highest BCUT2D eigenvalue weighted by Gasteiger charge is 2.08. The maximum atomic E-state index is 9.11. The van der Waals surface area contributed by atoms with Gasteiger partial charge in [-0.05, 0) is 17.7 Å². The Bertz CT molecular complexity index is 572. The maximum Gasteiger partial charge on any atom is 0.168 e. The van der Waals surface area contributed by atoms with E-state index in [2.05, 4.69) is 4.98 Å². The second kappa shape index (κ2) is 6.32. The van der Waals surface area contributed by atoms with Gasteiger partial charge < -0.3 is 14.4 Å². The second-order valence-corrected chi connectivity index (χ2v) is 5.34. The normalized spacial score (nSPS) is 10.7. The molecule has 0 radical (unpaired) electrons. The molecule has 0 amide bonds. The SMILES string of the molecule is COc1ccc(CSc2ncc(CO)n2C)c(Cl)c1. The highest BCUT2D eigenvalue weighted by molar-refractivity contribution is 7.98. The minimum Gasteiger partial charge on any atom is -0.497 e. The Morgan fingerprint density at radius 3 is 2.84 bits per heavy atom. The number of hydrogen-bond acceptors (Lipinski definition) is 4. The number of aliphatic hydroxyl groups excluding tert-OH is 1. The molecule has 1 aromatic carbocycles. The monoisotopic (exact) mass is 298 g/mol. The predicted octanol–water partition coefficient (Wildman–Crippen LogP) is 2.87. The second-order valence-electron chi connectivity index (χ2n) is 4.00. The van der Waals surface area contributed by atoms with Gasteiger partial charge in [0.25, 0.3) is 0 Å². The quantitative estimate of drug-likeness (QED) is 0.862. The van der Waals surface area contributed by atoms with Crippen molar-refractivity contribution < 1.29 is 9.84 Å². The van der Waals surface area contributed by atoms with E-state index >= 15 is 0 Å². The molecule has 1 aromatic heterocycles. The largest absolute Gasteiger partial charge is 0.497 e. The van der Waals surface area contributed by atoms with Crippen LogP contribution in [0.4, 0.5) is 0 Å². The van der Waals surface area contributed by atoms with Crippen molar-refractivity contribution in [2.45, 2.75) is 17.5 Å². The van der Waals surface area contributed by atoms with Crippen molar-refractivity contribution in [2.75, 3.05) is 7.11 Å². The molecule has 0 saturated heterocycles. The standard InChI is InChI=1S/C13H15ClN2O2S/c1-16-10(7-17)6-15-13(16)19-8-9-3-4-11(18-2)5-12(9)14/h3-6,17H,7-8H2,1-2H3. The van der Waals surface area contributed by atoms with Crippen LogP contribution in [0.15, 0.2) is 29.6 Å². The van der Waals surface area contributed by atoms with E-state index in [0.29, 0.717) is 5.02 Å². The molecular weight excluding hydrogens is 284 g/mol. The van der Waals surface area contributed by atoms with Crippen molar-refractivity contribution in [3.63, 3.8) is 0 Å². The molecule has 2 rings (SSSR count). The lowest BCUT2D eigenvalue weighted by atomic mass is 10.2. The van der Waals surface area contributed by atoms with Gasteiger partial charge in [-0.1, -0.05) is 29.4 Å². The van der Waals surface area contributed by atoms with Gasteiger partial charge in [0.2, 0.25) is 0 Å². The summed E-state index contributed by atoms with van der Waals surface area (Å²) < 4.78 is 6.99. The first-order valence-corrected chi connectivity index (χ1v) is 7.08. The fraction of sp³-hybridized carbons (Fsp3) is 0.308. The first kappa shape index (κ1) is 14.2. The van der Waals surface area contributed by atoms with Gasteiger partial charge in [0, 0.05) is 17.8 Å². The molecule has 0 aliphatic carbocycles. The number of halogens is 1. The van der Waals surface area contributed by atoms with E-state index in [1.807, 2.05) is 23.7 Å². The number of nitrogens with zero attached hydrogens (tertiary/aromatic N) is 2. The van der Waals surface area contributed by atoms with Crippen molar-refractivity contribution in [3.05, 3.63) is 40.7 Å². The van der Waals surface area contributed by atoms with Gasteiger partial charge in [-0.3, -0.25) is 0 Å². The number of imidazole rings is 1. The summed E-state index contributed by atoms with van der Waals surface area (Å²) in [6.07, 6.45) is 1.68. The van der Waals surface area contributed by atoms with Crippen molar-refractivity contribution in [1.82, 2.24) is 9.55 Å². The molecule has 0 fully saturated rings. The number of methoxy groups -OCH3 is 1. The summed E-state index contributed by atoms with van der Waals surface area (Å²) in [5.41, 5.74) is 1.82. The minimum absolute atomic E-state index is 0.00660. The lowest BCUT2D eigenvalue weighted by Crippen LogP contribution is -1.97. The van der Waals surface area contributed by atoms with Gasteiger partial charge in [0.1, 0.15) is 5.75 Å². The van der Waals surface area contributed by atoms with Crippen LogP contribution in [0.1, 0.15) is 11.3 Å². The summed E-state index contributed by atoms with van der Waals surface area (Å²) in [7, 11) is 3.50. The molecule has 0 spiro atoms. The minimum atomic E-state index is -0.00660. The smallest absolute Gasteiger partial charge is 0.168 e. The molecule has 1 heterocycles. The van der Waals surface area contributed by atoms with Crippen LogP contribution >= 0.6 is 23.4 Å². The number of hydrogen-bond donors (Lipinski definition) is 1. The number of benzene rings is 1. The Labute approximate surface area is 121 Å². The third-order valence-electron chi connectivity index (χ3n) is 2.82. The zero-order valence-corrected chi connectivity index (χ0v) is 12.3. The molecule has 0 unspecified atom stereocenters. The van der Waals surface area contributed by atoms with Gasteiger partial charge in [-0.2, -0.15) is 0 Å². The number of aliphatic hydroxyl groups is 1. The number of ether oxygens (including phenoxy) is 1. The summed E-state index contributed by atoms with van der Waals surface area (Å²) in [6.45, 7) is -0.00660. The summed E-state index contributed by atoms with van der Waals surface area (Å²) in [5.74, 6) is 1.47. The van der Waals surface area contributed by atoms with Crippen LogP contribution in [0.3, 0.4) is 0 Å². The maximum absolute atomic E-state index is 9.11. The Balaban J connectivity index is 2.08. The summed E-state index contributed by atoms with van der Waals surface area (Å²) in [6, 6.07) is 5.64. The zero-order valence-electron chi connectivity index (χ0n) is 10.8. The first-order valence-electron chi connectivity index (χ1n) is 5.72. The van der Waals surface area contributed by atoms with E-state index in [-0.39, 0.29) is 6.61 Å². The average Bonchev–Trinajstić information content (AvgIpc) is 2.78. The lowest BCUT2D eigenvalue weighted by molar-refractivity contribution is 0.271. The highest BCUT2D eigenvalue weighted by Crippen LogP contribution is 2.28. The summed E-state index contributed by atoms with van der Waals surface area (Å²) >= 11 is 7.77. The molecular formula is C13H15ClN2O2S. The lowest BCUT2D eigenvalue weighted by Gasteiger charge is -2.07. The van der Waals surface area contributed by atoms with E-state index in [4.69, 9.17) is 21.4 Å². The van der Waals surface area contributed by atoms with E-state index < -0.39 is 0 Å². The number of rotatable bonds is 5. The van der Waals surface area contributed by atoms with Crippen LogP contribution in [-0.2, 0) is 19.4 Å². The van der Waals surface area contributed by atoms with Gasteiger partial charge in [-0.25, -0.2) is 4.98 Å². The van der Waals surface area contributed by atoms with Crippen molar-refractivity contribution >= 4 is 23.4 Å². The molecule has 0 aliphatic rings. The molecule has 19 heavy (non-hydrogen) atoms. The fourth-order valence-corrected chi connectivity index (χ4v) is 2.91. The van der Waals surface area contributed by atoms with E-state index in [1.54, 1.807) is 31.1 Å². The van der Waals surface area contributed by atoms with Gasteiger partial charge in [0.05, 0.1) is 25.6 Å². The van der Waals surface area contributed by atoms with Crippen LogP contribution in [0.2, 0.25) is 5.02 Å². The third kappa shape index (κ3) is 3.23. The molecule has 0 aliphatic heterocycles. The molecule has 0 atom stereocenters. The van der Waals surface area contributed by atoms with Gasteiger partial charge in [0.15, 0.2) is 5.16 Å². The van der Waals surface area contributed by atoms with Crippen molar-refractivity contribution in [2.24, 2.45) is 7.05 Å². The van der Waals surface area contributed by atoms with Crippen molar-refractivity contribution in [1.29, 1.82) is 0 Å². The molecule has 2 aromatic rings. The Kier molecular flexibility index (Phi) is 4.74. The molecule has 4 nitrogen and oxygen atoms in total. The van der Waals surface area contributed by atoms with E-state index in [9.17, 15) is 0 Å². The molecule has 6 heteroatoms. The van der Waals surface area contributed by atoms with Crippen molar-refractivity contribution in [3.8, 4) is 5.75 Å². The predicted molar refractivity (Wildman–Crippen MR) is 76.7 cm³/mol. The third-order valence-corrected chi connectivity index (χ3v) is 4.27. The fourth-order valence-electron chi connectivity index (χ4n) is 1.62. The van der Waals surface area contributed by atoms with Crippen LogP contribution < -0.4 is 4.74 Å². The van der Waals surface area contributed by atoms with Crippen LogP contribution in [0.5, 0.6) is 5.75 Å². The number of aromatic nitrogens is 2. The highest BCUT2D eigenvalue weighted by atomic mass is 35.5. The van der Waals surface area contributed by atoms with Crippen LogP contribution in [-0.4, -0.2) is 21.8 Å². The first-order chi connectivity index (χ1) is 9.15. The average molecular weight is 299 g/mol. The topological polar surface area (TPSA) is 47.3 Å². The Hall–Kier alpha value is -1.17. The van der Waals surface area contributed by atoms with Crippen LogP contribution in [0.25, 0.3) is 0 Å². The summed E-state index contributed by atoms with van der Waals surface area (Å²) in [4.78, 5) is 4.26. The zero-order chi connectivity index (χ0) is 13.8. The van der Waals surface area contributed by atoms with E-state index in [0.717, 1.165) is 27.9 Å². The molecule has 1 N–H and O–H groups in total. The van der Waals surface area contributed by atoms with Gasteiger partial charge in [-0.15, -0.1) is 0 Å². The summed E-state index contributed by atoms with van der Waals surface area (Å²) in [5, 5.41) is 10.7. The Morgan fingerprint density at radius 2 is 2.26 bits per heavy atom. The van der Waals surface area contributed by atoms with Crippen LogP contribution in [0, 0.1) is 0 Å². The molecule has 0 saturated carbocycles. The number of thioether (sulfide) groups is 1. The van der Waals surface area contributed by atoms with E-state index in [1.165, 1.54) is 0 Å².